The fraction of sp³-hybridized carbons (Fsp3) is 0.562. The predicted molar refractivity (Wildman–Crippen MR) is 97.6 cm³/mol. The highest BCUT2D eigenvalue weighted by Gasteiger charge is 2.34. The third-order valence-corrected chi connectivity index (χ3v) is 4.24. The molecule has 0 aliphatic carbocycles. The van der Waals surface area contributed by atoms with Crippen LogP contribution in [0.25, 0.3) is 10.9 Å². The number of aromatic nitrogens is 3. The molecule has 27 heavy (non-hydrogen) atoms. The van der Waals surface area contributed by atoms with Gasteiger partial charge in [-0.25, -0.2) is 18.2 Å². The highest BCUT2D eigenvalue weighted by Crippen LogP contribution is 2.30. The minimum absolute atomic E-state index is 0.193. The minimum atomic E-state index is -2.81. The number of halogens is 5. The first-order valence-electron chi connectivity index (χ1n) is 8.45. The molecule has 11 heteroatoms. The number of ether oxygens (including phenoxy) is 1. The van der Waals surface area contributed by atoms with Gasteiger partial charge >= 0.3 is 0 Å². The molecule has 2 N–H and O–H groups in total. The Morgan fingerprint density at radius 2 is 2.00 bits per heavy atom. The maximum absolute atomic E-state index is 14.1. The topological polar surface area (TPSA) is 79.9 Å². The second-order valence-electron chi connectivity index (χ2n) is 5.73. The van der Waals surface area contributed by atoms with Crippen molar-refractivity contribution in [2.75, 3.05) is 13.2 Å². The van der Waals surface area contributed by atoms with E-state index in [1.807, 2.05) is 13.8 Å². The molecule has 2 aromatic heterocycles. The Morgan fingerprint density at radius 3 is 2.70 bits per heavy atom. The van der Waals surface area contributed by atoms with Gasteiger partial charge in [-0.15, -0.1) is 0 Å². The highest BCUT2D eigenvalue weighted by atomic mass is 35.5. The third-order valence-electron chi connectivity index (χ3n) is 3.81. The molecule has 2 aromatic rings. The van der Waals surface area contributed by atoms with Crippen molar-refractivity contribution in [2.45, 2.75) is 45.1 Å². The van der Waals surface area contributed by atoms with Gasteiger partial charge in [0.15, 0.2) is 11.0 Å². The summed E-state index contributed by atoms with van der Waals surface area (Å²) >= 11 is 11.3. The van der Waals surface area contributed by atoms with E-state index >= 15 is 0 Å². The standard InChI is InChI=1S/C14H13Cl2F3N4O2.C2H6/c15-10-8(17)9-7(11(24)23-13(16)21-9)12(22-10)25-5-6-4-14(18,19)2-1-3-20-6;1-2/h6,20H,1-5H2,(H,21,23,24);1-2H3. The van der Waals surface area contributed by atoms with E-state index in [0.29, 0.717) is 13.0 Å². The third kappa shape index (κ3) is 5.24. The first-order valence-corrected chi connectivity index (χ1v) is 9.21. The highest BCUT2D eigenvalue weighted by molar-refractivity contribution is 6.30. The van der Waals surface area contributed by atoms with Gasteiger partial charge < -0.3 is 10.1 Å². The molecule has 1 unspecified atom stereocenters. The minimum Gasteiger partial charge on any atom is -0.475 e. The van der Waals surface area contributed by atoms with Crippen molar-refractivity contribution in [3.8, 4) is 5.88 Å². The lowest BCUT2D eigenvalue weighted by Gasteiger charge is -2.20. The molecule has 1 fully saturated rings. The predicted octanol–water partition coefficient (Wildman–Crippen LogP) is 3.95. The largest absolute Gasteiger partial charge is 0.475 e. The van der Waals surface area contributed by atoms with E-state index in [4.69, 9.17) is 27.9 Å². The Morgan fingerprint density at radius 1 is 1.30 bits per heavy atom. The zero-order chi connectivity index (χ0) is 20.2. The average molecular weight is 427 g/mol. The van der Waals surface area contributed by atoms with Crippen LogP contribution in [0.4, 0.5) is 13.2 Å². The summed E-state index contributed by atoms with van der Waals surface area (Å²) in [7, 11) is 0. The number of aromatic amines is 1. The van der Waals surface area contributed by atoms with Crippen molar-refractivity contribution < 1.29 is 17.9 Å². The number of nitrogens with zero attached hydrogens (tertiary/aromatic N) is 2. The van der Waals surface area contributed by atoms with Crippen molar-refractivity contribution >= 4 is 34.1 Å². The number of hydrogen-bond acceptors (Lipinski definition) is 5. The lowest BCUT2D eigenvalue weighted by molar-refractivity contribution is -0.0218. The molecule has 0 saturated carbocycles. The molecule has 150 valence electrons. The van der Waals surface area contributed by atoms with E-state index in [0.717, 1.165) is 0 Å². The second kappa shape index (κ2) is 9.07. The lowest BCUT2D eigenvalue weighted by Crippen LogP contribution is -2.37. The van der Waals surface area contributed by atoms with Gasteiger partial charge in [0, 0.05) is 18.9 Å². The molecule has 1 aliphatic rings. The van der Waals surface area contributed by atoms with E-state index < -0.39 is 40.4 Å². The summed E-state index contributed by atoms with van der Waals surface area (Å²) in [6.07, 6.45) is -0.280. The summed E-state index contributed by atoms with van der Waals surface area (Å²) in [5, 5.41) is 1.77. The number of nitrogens with one attached hydrogen (secondary N) is 2. The number of H-pyrrole nitrogens is 1. The molecule has 0 spiro atoms. The molecule has 0 radical (unpaired) electrons. The normalized spacial score (nSPS) is 19.1. The smallest absolute Gasteiger partial charge is 0.265 e. The van der Waals surface area contributed by atoms with Crippen molar-refractivity contribution in [3.63, 3.8) is 0 Å². The van der Waals surface area contributed by atoms with E-state index in [9.17, 15) is 18.0 Å². The van der Waals surface area contributed by atoms with Crippen LogP contribution in [-0.4, -0.2) is 40.1 Å². The van der Waals surface area contributed by atoms with Crippen LogP contribution in [0.15, 0.2) is 4.79 Å². The zero-order valence-corrected chi connectivity index (χ0v) is 16.2. The molecular weight excluding hydrogens is 408 g/mol. The summed E-state index contributed by atoms with van der Waals surface area (Å²) in [4.78, 5) is 21.6. The van der Waals surface area contributed by atoms with Crippen LogP contribution in [0.2, 0.25) is 10.4 Å². The first-order chi connectivity index (χ1) is 12.8. The number of rotatable bonds is 3. The van der Waals surface area contributed by atoms with Crippen molar-refractivity contribution in [1.29, 1.82) is 0 Å². The summed E-state index contributed by atoms with van der Waals surface area (Å²) in [6.45, 7) is 4.22. The van der Waals surface area contributed by atoms with Crippen LogP contribution < -0.4 is 15.6 Å². The van der Waals surface area contributed by atoms with Gasteiger partial charge in [0.1, 0.15) is 17.5 Å². The summed E-state index contributed by atoms with van der Waals surface area (Å²) < 4.78 is 46.8. The van der Waals surface area contributed by atoms with Crippen LogP contribution in [0.5, 0.6) is 5.88 Å². The van der Waals surface area contributed by atoms with Gasteiger partial charge in [0.05, 0.1) is 0 Å². The van der Waals surface area contributed by atoms with Gasteiger partial charge in [-0.2, -0.15) is 4.98 Å². The van der Waals surface area contributed by atoms with Crippen LogP contribution in [0.1, 0.15) is 33.1 Å². The molecule has 0 bridgehead atoms. The van der Waals surface area contributed by atoms with E-state index in [1.54, 1.807) is 0 Å². The van der Waals surface area contributed by atoms with Gasteiger partial charge in [-0.05, 0) is 24.6 Å². The lowest BCUT2D eigenvalue weighted by atomic mass is 10.1. The Balaban J connectivity index is 0.00000126. The Kier molecular flexibility index (Phi) is 7.30. The van der Waals surface area contributed by atoms with Gasteiger partial charge in [-0.1, -0.05) is 25.4 Å². The van der Waals surface area contributed by atoms with Crippen LogP contribution in [-0.2, 0) is 0 Å². The average Bonchev–Trinajstić information content (AvgIpc) is 2.78. The Labute approximate surface area is 163 Å². The summed E-state index contributed by atoms with van der Waals surface area (Å²) in [6, 6.07) is -0.655. The molecule has 0 aromatic carbocycles. The van der Waals surface area contributed by atoms with E-state index in [-0.39, 0.29) is 29.6 Å². The fourth-order valence-electron chi connectivity index (χ4n) is 2.68. The first kappa shape index (κ1) is 21.7. The van der Waals surface area contributed by atoms with Gasteiger partial charge in [0.2, 0.25) is 17.1 Å². The van der Waals surface area contributed by atoms with Crippen molar-refractivity contribution in [3.05, 3.63) is 26.6 Å². The Bertz CT molecular complexity index is 864. The van der Waals surface area contributed by atoms with Crippen LogP contribution in [0.3, 0.4) is 0 Å². The summed E-state index contributed by atoms with van der Waals surface area (Å²) in [5.41, 5.74) is -1.17. The van der Waals surface area contributed by atoms with E-state index in [1.165, 1.54) is 0 Å². The number of pyridine rings is 1. The molecular formula is C16H19Cl2F3N4O2. The van der Waals surface area contributed by atoms with Crippen LogP contribution in [0, 0.1) is 5.82 Å². The number of alkyl halides is 2. The van der Waals surface area contributed by atoms with Gasteiger partial charge in [0.25, 0.3) is 5.56 Å². The maximum Gasteiger partial charge on any atom is 0.265 e. The van der Waals surface area contributed by atoms with Crippen molar-refractivity contribution in [1.82, 2.24) is 20.3 Å². The number of fused-ring (bicyclic) bond motifs is 1. The molecule has 1 saturated heterocycles. The quantitative estimate of drug-likeness (QED) is 0.573. The molecule has 3 rings (SSSR count). The monoisotopic (exact) mass is 426 g/mol. The molecule has 6 nitrogen and oxygen atoms in total. The van der Waals surface area contributed by atoms with Crippen molar-refractivity contribution in [2.24, 2.45) is 0 Å². The molecule has 3 heterocycles. The Hall–Kier alpha value is -1.58. The second-order valence-corrected chi connectivity index (χ2v) is 6.44. The van der Waals surface area contributed by atoms with Gasteiger partial charge in [-0.3, -0.25) is 9.78 Å². The summed E-state index contributed by atoms with van der Waals surface area (Å²) in [5.74, 6) is -4.11. The molecule has 1 aliphatic heterocycles. The molecule has 0 amide bonds. The SMILES string of the molecule is CC.O=c1[nH]c(Cl)nc2c(F)c(Cl)nc(OCC3CC(F)(F)CCCN3)c12. The zero-order valence-electron chi connectivity index (χ0n) is 14.7. The fourth-order valence-corrected chi connectivity index (χ4v) is 3.02. The number of hydrogen-bond donors (Lipinski definition) is 2. The van der Waals surface area contributed by atoms with Crippen LogP contribution >= 0.6 is 23.2 Å². The van der Waals surface area contributed by atoms with E-state index in [2.05, 4.69) is 20.3 Å². The molecule has 1 atom stereocenters. The maximum atomic E-state index is 14.1.